The number of aromatic nitrogens is 1. The van der Waals surface area contributed by atoms with Crippen molar-refractivity contribution in [3.05, 3.63) is 83.9 Å². The Hall–Kier alpha value is -3.41. The van der Waals surface area contributed by atoms with E-state index in [1.165, 1.54) is 37.8 Å². The van der Waals surface area contributed by atoms with Gasteiger partial charge in [-0.05, 0) is 67.1 Å². The van der Waals surface area contributed by atoms with E-state index in [1.54, 1.807) is 12.1 Å². The van der Waals surface area contributed by atoms with Gasteiger partial charge in [-0.25, -0.2) is 4.39 Å². The molecule has 0 spiro atoms. The topological polar surface area (TPSA) is 45.6 Å². The Balaban J connectivity index is 1.32. The van der Waals surface area contributed by atoms with Crippen molar-refractivity contribution in [1.82, 2.24) is 9.47 Å². The van der Waals surface area contributed by atoms with Gasteiger partial charge in [0, 0.05) is 18.7 Å². The molecule has 0 radical (unpaired) electrons. The SMILES string of the molecule is O=C(CCC1CCCC1)N(CC(=O)N1c2ccccc2-n2cccc2C1c1ccc(F)cc1)C1CC1. The highest BCUT2D eigenvalue weighted by Crippen LogP contribution is 2.42. The first-order valence-corrected chi connectivity index (χ1v) is 13.2. The molecule has 0 N–H and O–H groups in total. The van der Waals surface area contributed by atoms with Crippen molar-refractivity contribution in [3.8, 4) is 5.69 Å². The Kier molecular flexibility index (Phi) is 6.12. The summed E-state index contributed by atoms with van der Waals surface area (Å²) in [6, 6.07) is 18.0. The molecule has 2 fully saturated rings. The van der Waals surface area contributed by atoms with E-state index < -0.39 is 6.04 Å². The van der Waals surface area contributed by atoms with Crippen molar-refractivity contribution in [3.63, 3.8) is 0 Å². The average molecular weight is 486 g/mol. The molecule has 3 aromatic rings. The van der Waals surface area contributed by atoms with Gasteiger partial charge in [0.2, 0.25) is 11.8 Å². The molecule has 0 bridgehead atoms. The number of carbonyl (C=O) groups excluding carboxylic acids is 2. The van der Waals surface area contributed by atoms with E-state index >= 15 is 0 Å². The third-order valence-corrected chi connectivity index (χ3v) is 8.03. The van der Waals surface area contributed by atoms with Crippen LogP contribution in [0.4, 0.5) is 10.1 Å². The quantitative estimate of drug-likeness (QED) is 0.411. The summed E-state index contributed by atoms with van der Waals surface area (Å²) in [5.74, 6) is 0.335. The van der Waals surface area contributed by atoms with E-state index in [2.05, 4.69) is 4.57 Å². The predicted molar refractivity (Wildman–Crippen MR) is 137 cm³/mol. The molecule has 2 aromatic carbocycles. The Morgan fingerprint density at radius 3 is 2.33 bits per heavy atom. The number of carbonyl (C=O) groups is 2. The van der Waals surface area contributed by atoms with Gasteiger partial charge in [-0.2, -0.15) is 0 Å². The van der Waals surface area contributed by atoms with Crippen molar-refractivity contribution < 1.29 is 14.0 Å². The zero-order chi connectivity index (χ0) is 24.6. The minimum Gasteiger partial charge on any atom is -0.330 e. The number of benzene rings is 2. The second-order valence-corrected chi connectivity index (χ2v) is 10.5. The Labute approximate surface area is 211 Å². The summed E-state index contributed by atoms with van der Waals surface area (Å²) < 4.78 is 15.9. The van der Waals surface area contributed by atoms with E-state index in [9.17, 15) is 14.0 Å². The van der Waals surface area contributed by atoms with Crippen LogP contribution in [0.1, 0.15) is 68.7 Å². The van der Waals surface area contributed by atoms with Gasteiger partial charge in [0.15, 0.2) is 0 Å². The number of fused-ring (bicyclic) bond motifs is 3. The zero-order valence-corrected chi connectivity index (χ0v) is 20.5. The second kappa shape index (κ2) is 9.57. The van der Waals surface area contributed by atoms with Crippen molar-refractivity contribution >= 4 is 17.5 Å². The molecule has 1 aliphatic heterocycles. The molecule has 2 amide bonds. The minimum atomic E-state index is -0.405. The largest absolute Gasteiger partial charge is 0.330 e. The summed E-state index contributed by atoms with van der Waals surface area (Å²) in [6.07, 6.45) is 10.3. The van der Waals surface area contributed by atoms with Gasteiger partial charge < -0.3 is 9.47 Å². The number of rotatable bonds is 7. The summed E-state index contributed by atoms with van der Waals surface area (Å²) in [6.45, 7) is 0.0703. The first kappa shape index (κ1) is 23.0. The number of hydrogen-bond acceptors (Lipinski definition) is 2. The lowest BCUT2D eigenvalue weighted by Crippen LogP contribution is -2.47. The number of amides is 2. The lowest BCUT2D eigenvalue weighted by molar-refractivity contribution is -0.136. The third kappa shape index (κ3) is 4.34. The van der Waals surface area contributed by atoms with Gasteiger partial charge in [0.25, 0.3) is 0 Å². The van der Waals surface area contributed by atoms with E-state index in [4.69, 9.17) is 0 Å². The number of anilines is 1. The van der Waals surface area contributed by atoms with Gasteiger partial charge >= 0.3 is 0 Å². The Morgan fingerprint density at radius 1 is 0.889 bits per heavy atom. The van der Waals surface area contributed by atoms with Gasteiger partial charge in [-0.15, -0.1) is 0 Å². The molecule has 1 unspecified atom stereocenters. The van der Waals surface area contributed by atoms with Crippen LogP contribution in [0.25, 0.3) is 5.69 Å². The minimum absolute atomic E-state index is 0.0703. The molecule has 0 saturated heterocycles. The molecule has 6 heteroatoms. The number of hydrogen-bond donors (Lipinski definition) is 0. The molecule has 2 saturated carbocycles. The maximum Gasteiger partial charge on any atom is 0.247 e. The fraction of sp³-hybridized carbons (Fsp3) is 0.400. The molecule has 2 heterocycles. The molecular weight excluding hydrogens is 453 g/mol. The fourth-order valence-electron chi connectivity index (χ4n) is 6.02. The van der Waals surface area contributed by atoms with Gasteiger partial charge in [0.1, 0.15) is 18.4 Å². The summed E-state index contributed by atoms with van der Waals surface area (Å²) in [7, 11) is 0. The van der Waals surface area contributed by atoms with Crippen LogP contribution >= 0.6 is 0 Å². The fourth-order valence-corrected chi connectivity index (χ4v) is 6.02. The van der Waals surface area contributed by atoms with Gasteiger partial charge in [-0.3, -0.25) is 14.5 Å². The number of nitrogens with zero attached hydrogens (tertiary/aromatic N) is 3. The van der Waals surface area contributed by atoms with E-state index in [1.807, 2.05) is 52.4 Å². The smallest absolute Gasteiger partial charge is 0.247 e. The monoisotopic (exact) mass is 485 g/mol. The second-order valence-electron chi connectivity index (χ2n) is 10.5. The number of para-hydroxylation sites is 2. The number of halogens is 1. The van der Waals surface area contributed by atoms with Crippen LogP contribution in [-0.2, 0) is 9.59 Å². The molecule has 3 aliphatic rings. The van der Waals surface area contributed by atoms with Crippen LogP contribution in [0.2, 0.25) is 0 Å². The predicted octanol–water partition coefficient (Wildman–Crippen LogP) is 6.01. The maximum atomic E-state index is 14.1. The van der Waals surface area contributed by atoms with E-state index in [0.29, 0.717) is 12.3 Å². The zero-order valence-electron chi connectivity index (χ0n) is 20.5. The van der Waals surface area contributed by atoms with Crippen molar-refractivity contribution in [2.24, 2.45) is 5.92 Å². The van der Waals surface area contributed by atoms with Crippen LogP contribution in [-0.4, -0.2) is 33.9 Å². The molecule has 5 nitrogen and oxygen atoms in total. The van der Waals surface area contributed by atoms with Crippen molar-refractivity contribution in [1.29, 1.82) is 0 Å². The van der Waals surface area contributed by atoms with Crippen LogP contribution in [0, 0.1) is 11.7 Å². The summed E-state index contributed by atoms with van der Waals surface area (Å²) in [5, 5.41) is 0. The standard InChI is InChI=1S/C30H32FN3O2/c31-23-14-12-22(13-15-23)30-27-10-5-19-32(27)25-8-3-4-9-26(25)34(30)29(36)20-33(24-16-17-24)28(35)18-11-21-6-1-2-7-21/h3-5,8-10,12-15,19,21,24,30H,1-2,6-7,11,16-18,20H2. The van der Waals surface area contributed by atoms with Crippen molar-refractivity contribution in [2.75, 3.05) is 11.4 Å². The van der Waals surface area contributed by atoms with Crippen LogP contribution in [0.3, 0.4) is 0 Å². The molecule has 2 aliphatic carbocycles. The summed E-state index contributed by atoms with van der Waals surface area (Å²) >= 11 is 0. The Bertz CT molecular complexity index is 1260. The van der Waals surface area contributed by atoms with Gasteiger partial charge in [-0.1, -0.05) is 49.9 Å². The molecule has 186 valence electrons. The van der Waals surface area contributed by atoms with E-state index in [0.717, 1.165) is 41.9 Å². The van der Waals surface area contributed by atoms with Crippen LogP contribution in [0.5, 0.6) is 0 Å². The van der Waals surface area contributed by atoms with Crippen molar-refractivity contribution in [2.45, 2.75) is 63.5 Å². The lowest BCUT2D eigenvalue weighted by atomic mass is 9.97. The highest BCUT2D eigenvalue weighted by atomic mass is 19.1. The molecule has 6 rings (SSSR count). The molecule has 1 aromatic heterocycles. The lowest BCUT2D eigenvalue weighted by Gasteiger charge is -2.39. The summed E-state index contributed by atoms with van der Waals surface area (Å²) in [4.78, 5) is 31.0. The first-order valence-electron chi connectivity index (χ1n) is 13.2. The molecule has 36 heavy (non-hydrogen) atoms. The normalized spacial score (nSPS) is 19.1. The van der Waals surface area contributed by atoms with Crippen LogP contribution < -0.4 is 4.90 Å². The Morgan fingerprint density at radius 2 is 1.61 bits per heavy atom. The highest BCUT2D eigenvalue weighted by molar-refractivity contribution is 6.00. The highest BCUT2D eigenvalue weighted by Gasteiger charge is 2.40. The average Bonchev–Trinajstić information content (AvgIpc) is 3.37. The molecule has 1 atom stereocenters. The van der Waals surface area contributed by atoms with Crippen LogP contribution in [0.15, 0.2) is 66.9 Å². The van der Waals surface area contributed by atoms with Gasteiger partial charge in [0.05, 0.1) is 17.1 Å². The summed E-state index contributed by atoms with van der Waals surface area (Å²) in [5.41, 5.74) is 3.51. The first-order chi connectivity index (χ1) is 17.6. The maximum absolute atomic E-state index is 14.1. The van der Waals surface area contributed by atoms with E-state index in [-0.39, 0.29) is 30.2 Å². The third-order valence-electron chi connectivity index (χ3n) is 8.03. The molecular formula is C30H32FN3O2.